The van der Waals surface area contributed by atoms with Crippen molar-refractivity contribution in [3.05, 3.63) is 35.4 Å². The summed E-state index contributed by atoms with van der Waals surface area (Å²) in [5.74, 6) is 0.444. The smallest absolute Gasteiger partial charge is 0.222 e. The summed E-state index contributed by atoms with van der Waals surface area (Å²) in [5, 5.41) is 0. The van der Waals surface area contributed by atoms with Crippen LogP contribution in [-0.2, 0) is 11.2 Å². The second kappa shape index (κ2) is 7.17. The summed E-state index contributed by atoms with van der Waals surface area (Å²) in [6, 6.07) is 8.42. The van der Waals surface area contributed by atoms with Crippen LogP contribution >= 0.6 is 0 Å². The van der Waals surface area contributed by atoms with E-state index in [9.17, 15) is 4.79 Å². The van der Waals surface area contributed by atoms with Gasteiger partial charge in [0.1, 0.15) is 0 Å². The minimum atomic E-state index is 0.181. The number of rotatable bonds is 6. The molecule has 0 aromatic heterocycles. The highest BCUT2D eigenvalue weighted by Crippen LogP contribution is 2.07. The average Bonchev–Trinajstić information content (AvgIpc) is 2.35. The van der Waals surface area contributed by atoms with Gasteiger partial charge in [-0.15, -0.1) is 0 Å². The SMILES string of the molecule is Cc1cccc(CCN(C)C(=O)CC(C)CN)c1. The number of nitrogens with two attached hydrogens (primary N) is 1. The largest absolute Gasteiger partial charge is 0.345 e. The van der Waals surface area contributed by atoms with E-state index in [1.165, 1.54) is 11.1 Å². The van der Waals surface area contributed by atoms with E-state index in [-0.39, 0.29) is 11.8 Å². The van der Waals surface area contributed by atoms with Gasteiger partial charge in [-0.2, -0.15) is 0 Å². The Labute approximate surface area is 110 Å². The summed E-state index contributed by atoms with van der Waals surface area (Å²) in [5.41, 5.74) is 8.07. The van der Waals surface area contributed by atoms with E-state index in [0.29, 0.717) is 13.0 Å². The molecule has 0 fully saturated rings. The molecule has 18 heavy (non-hydrogen) atoms. The number of nitrogens with zero attached hydrogens (tertiary/aromatic N) is 1. The van der Waals surface area contributed by atoms with Crippen LogP contribution in [0.3, 0.4) is 0 Å². The van der Waals surface area contributed by atoms with Gasteiger partial charge in [0.2, 0.25) is 5.91 Å². The lowest BCUT2D eigenvalue weighted by molar-refractivity contribution is -0.130. The molecule has 0 spiro atoms. The molecule has 1 rings (SSSR count). The summed E-state index contributed by atoms with van der Waals surface area (Å²) in [7, 11) is 1.86. The fourth-order valence-corrected chi connectivity index (χ4v) is 1.83. The van der Waals surface area contributed by atoms with Gasteiger partial charge in [-0.3, -0.25) is 4.79 Å². The normalized spacial score (nSPS) is 12.2. The third-order valence-corrected chi connectivity index (χ3v) is 3.17. The minimum Gasteiger partial charge on any atom is -0.345 e. The first kappa shape index (κ1) is 14.7. The Bertz CT molecular complexity index is 390. The first-order valence-corrected chi connectivity index (χ1v) is 6.52. The standard InChI is InChI=1S/C15H24N2O/c1-12-5-4-6-14(9-12)7-8-17(3)15(18)10-13(2)11-16/h4-6,9,13H,7-8,10-11,16H2,1-3H3. The maximum atomic E-state index is 11.9. The second-order valence-electron chi connectivity index (χ2n) is 5.10. The van der Waals surface area contributed by atoms with Crippen molar-refractivity contribution < 1.29 is 4.79 Å². The van der Waals surface area contributed by atoms with Crippen molar-refractivity contribution in [2.75, 3.05) is 20.1 Å². The highest BCUT2D eigenvalue weighted by atomic mass is 16.2. The molecule has 1 aromatic rings. The van der Waals surface area contributed by atoms with E-state index in [2.05, 4.69) is 31.2 Å². The Morgan fingerprint density at radius 3 is 2.78 bits per heavy atom. The predicted octanol–water partition coefficient (Wildman–Crippen LogP) is 1.98. The molecule has 1 unspecified atom stereocenters. The number of benzene rings is 1. The van der Waals surface area contributed by atoms with Gasteiger partial charge >= 0.3 is 0 Å². The van der Waals surface area contributed by atoms with E-state index in [0.717, 1.165) is 13.0 Å². The van der Waals surface area contributed by atoms with Crippen LogP contribution in [0.4, 0.5) is 0 Å². The fourth-order valence-electron chi connectivity index (χ4n) is 1.83. The Hall–Kier alpha value is -1.35. The molecule has 0 bridgehead atoms. The Morgan fingerprint density at radius 1 is 1.44 bits per heavy atom. The van der Waals surface area contributed by atoms with Crippen molar-refractivity contribution in [3.8, 4) is 0 Å². The lowest BCUT2D eigenvalue weighted by atomic mass is 10.1. The second-order valence-corrected chi connectivity index (χ2v) is 5.10. The minimum absolute atomic E-state index is 0.181. The molecule has 0 heterocycles. The van der Waals surface area contributed by atoms with E-state index in [4.69, 9.17) is 5.73 Å². The van der Waals surface area contributed by atoms with Crippen LogP contribution in [0.5, 0.6) is 0 Å². The van der Waals surface area contributed by atoms with E-state index in [1.54, 1.807) is 4.90 Å². The first-order chi connectivity index (χ1) is 8.52. The van der Waals surface area contributed by atoms with Gasteiger partial charge in [0.05, 0.1) is 0 Å². The van der Waals surface area contributed by atoms with E-state index in [1.807, 2.05) is 14.0 Å². The van der Waals surface area contributed by atoms with Crippen molar-refractivity contribution in [3.63, 3.8) is 0 Å². The summed E-state index contributed by atoms with van der Waals surface area (Å²) in [4.78, 5) is 13.7. The Morgan fingerprint density at radius 2 is 2.17 bits per heavy atom. The van der Waals surface area contributed by atoms with Gasteiger partial charge < -0.3 is 10.6 Å². The zero-order valence-corrected chi connectivity index (χ0v) is 11.6. The van der Waals surface area contributed by atoms with Gasteiger partial charge in [-0.1, -0.05) is 36.8 Å². The predicted molar refractivity (Wildman–Crippen MR) is 75.4 cm³/mol. The molecule has 0 radical (unpaired) electrons. The van der Waals surface area contributed by atoms with Crippen molar-refractivity contribution >= 4 is 5.91 Å². The number of hydrogen-bond acceptors (Lipinski definition) is 2. The molecule has 0 aliphatic heterocycles. The molecule has 3 heteroatoms. The molecule has 2 N–H and O–H groups in total. The van der Waals surface area contributed by atoms with Crippen LogP contribution in [0, 0.1) is 12.8 Å². The molecule has 3 nitrogen and oxygen atoms in total. The van der Waals surface area contributed by atoms with E-state index >= 15 is 0 Å². The Kier molecular flexibility index (Phi) is 5.86. The topological polar surface area (TPSA) is 46.3 Å². The molecule has 0 saturated heterocycles. The zero-order chi connectivity index (χ0) is 13.5. The molecular weight excluding hydrogens is 224 g/mol. The van der Waals surface area contributed by atoms with Gasteiger partial charge in [-0.05, 0) is 31.4 Å². The van der Waals surface area contributed by atoms with Crippen LogP contribution in [0.25, 0.3) is 0 Å². The fraction of sp³-hybridized carbons (Fsp3) is 0.533. The van der Waals surface area contributed by atoms with Crippen molar-refractivity contribution in [2.24, 2.45) is 11.7 Å². The molecule has 0 saturated carbocycles. The lowest BCUT2D eigenvalue weighted by Crippen LogP contribution is -2.31. The van der Waals surface area contributed by atoms with Crippen molar-refractivity contribution in [1.82, 2.24) is 4.90 Å². The maximum absolute atomic E-state index is 11.9. The number of hydrogen-bond donors (Lipinski definition) is 1. The van der Waals surface area contributed by atoms with Crippen molar-refractivity contribution in [2.45, 2.75) is 26.7 Å². The number of carbonyl (C=O) groups excluding carboxylic acids is 1. The summed E-state index contributed by atoms with van der Waals surface area (Å²) in [6.07, 6.45) is 1.45. The number of amides is 1. The third-order valence-electron chi connectivity index (χ3n) is 3.17. The summed E-state index contributed by atoms with van der Waals surface area (Å²) < 4.78 is 0. The summed E-state index contributed by atoms with van der Waals surface area (Å²) >= 11 is 0. The molecule has 1 atom stereocenters. The van der Waals surface area contributed by atoms with Crippen LogP contribution < -0.4 is 5.73 Å². The third kappa shape index (κ3) is 4.88. The van der Waals surface area contributed by atoms with Gasteiger partial charge in [0, 0.05) is 20.0 Å². The Balaban J connectivity index is 2.41. The molecular formula is C15H24N2O. The monoisotopic (exact) mass is 248 g/mol. The first-order valence-electron chi connectivity index (χ1n) is 6.52. The molecule has 1 amide bonds. The van der Waals surface area contributed by atoms with Gasteiger partial charge in [-0.25, -0.2) is 0 Å². The molecule has 100 valence electrons. The van der Waals surface area contributed by atoms with Crippen LogP contribution in [0.1, 0.15) is 24.5 Å². The average molecular weight is 248 g/mol. The number of carbonyl (C=O) groups is 1. The highest BCUT2D eigenvalue weighted by molar-refractivity contribution is 5.76. The number of aryl methyl sites for hydroxylation is 1. The quantitative estimate of drug-likeness (QED) is 0.836. The molecule has 0 aliphatic rings. The van der Waals surface area contributed by atoms with Crippen LogP contribution in [0.15, 0.2) is 24.3 Å². The maximum Gasteiger partial charge on any atom is 0.222 e. The highest BCUT2D eigenvalue weighted by Gasteiger charge is 2.12. The van der Waals surface area contributed by atoms with Crippen LogP contribution in [0.2, 0.25) is 0 Å². The van der Waals surface area contributed by atoms with E-state index < -0.39 is 0 Å². The molecule has 1 aromatic carbocycles. The van der Waals surface area contributed by atoms with Gasteiger partial charge in [0.25, 0.3) is 0 Å². The molecule has 0 aliphatic carbocycles. The van der Waals surface area contributed by atoms with Gasteiger partial charge in [0.15, 0.2) is 0 Å². The van der Waals surface area contributed by atoms with Crippen LogP contribution in [-0.4, -0.2) is 30.9 Å². The number of likely N-dealkylation sites (N-methyl/N-ethyl adjacent to an activating group) is 1. The summed E-state index contributed by atoms with van der Waals surface area (Å²) in [6.45, 7) is 5.42. The van der Waals surface area contributed by atoms with Crippen molar-refractivity contribution in [1.29, 1.82) is 0 Å². The lowest BCUT2D eigenvalue weighted by Gasteiger charge is -2.19. The zero-order valence-electron chi connectivity index (χ0n) is 11.6.